The molecule has 0 radical (unpaired) electrons. The molecule has 3 heteroatoms. The van der Waals surface area contributed by atoms with Gasteiger partial charge in [0.2, 0.25) is 5.91 Å². The Morgan fingerprint density at radius 2 is 1.62 bits per heavy atom. The van der Waals surface area contributed by atoms with Gasteiger partial charge < -0.3 is 10.1 Å². The number of carbonyl (C=O) groups excluding carboxylic acids is 1. The molecule has 0 aliphatic carbocycles. The smallest absolute Gasteiger partial charge is 0.220 e. The molecule has 0 aromatic heterocycles. The predicted octanol–water partition coefficient (Wildman–Crippen LogP) is 7.12. The summed E-state index contributed by atoms with van der Waals surface area (Å²) in [5.74, 6) is 0.962. The van der Waals surface area contributed by atoms with Crippen LogP contribution in [0, 0.1) is 0 Å². The van der Waals surface area contributed by atoms with Crippen LogP contribution in [0.1, 0.15) is 89.5 Å². The van der Waals surface area contributed by atoms with Crippen molar-refractivity contribution < 1.29 is 9.53 Å². The third kappa shape index (κ3) is 14.6. The standard InChI is InChI=1S/C26H41NO2/c1-3-4-5-6-7-8-9-10-11-12-13-14-15-16-17-21-26(28)27-23-24-19-18-20-25(22-24)29-2/h7-8,10-11,18-20,22H,3-6,9,12-17,21,23H2,1-2H3,(H,27,28). The molecule has 1 rings (SSSR count). The number of unbranched alkanes of at least 4 members (excludes halogenated alkanes) is 8. The van der Waals surface area contributed by atoms with Crippen molar-refractivity contribution in [3.8, 4) is 5.75 Å². The van der Waals surface area contributed by atoms with E-state index < -0.39 is 0 Å². The molecule has 1 amide bonds. The molecule has 1 aromatic rings. The van der Waals surface area contributed by atoms with E-state index in [1.54, 1.807) is 7.11 Å². The highest BCUT2D eigenvalue weighted by Gasteiger charge is 2.02. The summed E-state index contributed by atoms with van der Waals surface area (Å²) in [6, 6.07) is 7.81. The highest BCUT2D eigenvalue weighted by molar-refractivity contribution is 5.75. The van der Waals surface area contributed by atoms with Crippen LogP contribution >= 0.6 is 0 Å². The number of benzene rings is 1. The minimum atomic E-state index is 0.138. The Bertz CT molecular complexity index is 592. The van der Waals surface area contributed by atoms with Crippen molar-refractivity contribution >= 4 is 5.91 Å². The number of amides is 1. The molecule has 0 bridgehead atoms. The molecule has 0 spiro atoms. The zero-order chi connectivity index (χ0) is 21.0. The molecular weight excluding hydrogens is 358 g/mol. The van der Waals surface area contributed by atoms with Gasteiger partial charge in [0.1, 0.15) is 5.75 Å². The molecule has 3 nitrogen and oxygen atoms in total. The second kappa shape index (κ2) is 18.0. The topological polar surface area (TPSA) is 38.3 Å². The molecule has 0 saturated heterocycles. The van der Waals surface area contributed by atoms with Crippen LogP contribution in [0.15, 0.2) is 48.6 Å². The first kappa shape index (κ1) is 25.0. The molecule has 162 valence electrons. The quantitative estimate of drug-likeness (QED) is 0.224. The van der Waals surface area contributed by atoms with Crippen LogP contribution in [0.25, 0.3) is 0 Å². The lowest BCUT2D eigenvalue weighted by atomic mass is 10.1. The molecular formula is C26H41NO2. The van der Waals surface area contributed by atoms with E-state index in [9.17, 15) is 4.79 Å². The van der Waals surface area contributed by atoms with Gasteiger partial charge in [-0.15, -0.1) is 0 Å². The molecule has 0 aliphatic rings. The van der Waals surface area contributed by atoms with E-state index in [1.807, 2.05) is 24.3 Å². The van der Waals surface area contributed by atoms with E-state index in [0.717, 1.165) is 30.6 Å². The lowest BCUT2D eigenvalue weighted by Crippen LogP contribution is -2.22. The van der Waals surface area contributed by atoms with Crippen LogP contribution in [0.4, 0.5) is 0 Å². The van der Waals surface area contributed by atoms with Gasteiger partial charge >= 0.3 is 0 Å². The van der Waals surface area contributed by atoms with Gasteiger partial charge in [-0.1, -0.05) is 75.5 Å². The van der Waals surface area contributed by atoms with Crippen LogP contribution in [0.5, 0.6) is 5.75 Å². The Labute approximate surface area is 178 Å². The second-order valence-electron chi connectivity index (χ2n) is 7.61. The highest BCUT2D eigenvalue weighted by atomic mass is 16.5. The van der Waals surface area contributed by atoms with Gasteiger partial charge in [0.15, 0.2) is 0 Å². The van der Waals surface area contributed by atoms with Gasteiger partial charge in [0, 0.05) is 13.0 Å². The fourth-order valence-electron chi connectivity index (χ4n) is 3.17. The molecule has 0 saturated carbocycles. The Morgan fingerprint density at radius 1 is 0.931 bits per heavy atom. The first-order chi connectivity index (χ1) is 14.3. The number of rotatable bonds is 17. The minimum absolute atomic E-state index is 0.138. The number of ether oxygens (including phenoxy) is 1. The summed E-state index contributed by atoms with van der Waals surface area (Å²) in [7, 11) is 1.65. The maximum absolute atomic E-state index is 11.9. The van der Waals surface area contributed by atoms with E-state index in [1.165, 1.54) is 51.4 Å². The van der Waals surface area contributed by atoms with E-state index in [0.29, 0.717) is 13.0 Å². The summed E-state index contributed by atoms with van der Waals surface area (Å²) in [5.41, 5.74) is 1.07. The number of carbonyl (C=O) groups is 1. The third-order valence-corrected chi connectivity index (χ3v) is 4.98. The Kier molecular flexibility index (Phi) is 15.5. The van der Waals surface area contributed by atoms with Crippen LogP contribution in [0.3, 0.4) is 0 Å². The molecule has 0 atom stereocenters. The Hall–Kier alpha value is -2.03. The average Bonchev–Trinajstić information content (AvgIpc) is 2.75. The molecule has 0 heterocycles. The van der Waals surface area contributed by atoms with Gasteiger partial charge in [0.25, 0.3) is 0 Å². The van der Waals surface area contributed by atoms with E-state index in [-0.39, 0.29) is 5.91 Å². The number of allylic oxidation sites excluding steroid dienone is 4. The summed E-state index contributed by atoms with van der Waals surface area (Å²) in [5, 5.41) is 2.99. The third-order valence-electron chi connectivity index (χ3n) is 4.98. The first-order valence-corrected chi connectivity index (χ1v) is 11.5. The van der Waals surface area contributed by atoms with E-state index in [4.69, 9.17) is 4.74 Å². The largest absolute Gasteiger partial charge is 0.497 e. The Balaban J connectivity index is 1.92. The number of methoxy groups -OCH3 is 1. The average molecular weight is 400 g/mol. The van der Waals surface area contributed by atoms with E-state index in [2.05, 4.69) is 36.5 Å². The van der Waals surface area contributed by atoms with Gasteiger partial charge in [-0.2, -0.15) is 0 Å². The van der Waals surface area contributed by atoms with Crippen LogP contribution < -0.4 is 10.1 Å². The van der Waals surface area contributed by atoms with Crippen LogP contribution in [-0.4, -0.2) is 13.0 Å². The van der Waals surface area contributed by atoms with Gasteiger partial charge in [0.05, 0.1) is 7.11 Å². The van der Waals surface area contributed by atoms with Crippen molar-refractivity contribution in [3.63, 3.8) is 0 Å². The molecule has 1 aromatic carbocycles. The summed E-state index contributed by atoms with van der Waals surface area (Å²) in [4.78, 5) is 11.9. The predicted molar refractivity (Wildman–Crippen MR) is 124 cm³/mol. The fourth-order valence-corrected chi connectivity index (χ4v) is 3.17. The summed E-state index contributed by atoms with van der Waals surface area (Å²) in [6.45, 7) is 2.81. The minimum Gasteiger partial charge on any atom is -0.497 e. The van der Waals surface area contributed by atoms with Crippen molar-refractivity contribution in [2.24, 2.45) is 0 Å². The highest BCUT2D eigenvalue weighted by Crippen LogP contribution is 2.12. The van der Waals surface area contributed by atoms with Crippen molar-refractivity contribution in [1.82, 2.24) is 5.32 Å². The molecule has 1 N–H and O–H groups in total. The molecule has 29 heavy (non-hydrogen) atoms. The van der Waals surface area contributed by atoms with Crippen molar-refractivity contribution in [2.75, 3.05) is 7.11 Å². The lowest BCUT2D eigenvalue weighted by Gasteiger charge is -2.07. The van der Waals surface area contributed by atoms with Crippen molar-refractivity contribution in [1.29, 1.82) is 0 Å². The van der Waals surface area contributed by atoms with Crippen LogP contribution in [-0.2, 0) is 11.3 Å². The molecule has 0 unspecified atom stereocenters. The maximum Gasteiger partial charge on any atom is 0.220 e. The first-order valence-electron chi connectivity index (χ1n) is 11.5. The lowest BCUT2D eigenvalue weighted by molar-refractivity contribution is -0.121. The maximum atomic E-state index is 11.9. The van der Waals surface area contributed by atoms with Crippen molar-refractivity contribution in [2.45, 2.75) is 90.5 Å². The summed E-state index contributed by atoms with van der Waals surface area (Å²) >= 11 is 0. The fraction of sp³-hybridized carbons (Fsp3) is 0.577. The summed E-state index contributed by atoms with van der Waals surface area (Å²) < 4.78 is 5.20. The Morgan fingerprint density at radius 3 is 2.34 bits per heavy atom. The molecule has 0 aliphatic heterocycles. The number of hydrogen-bond donors (Lipinski definition) is 1. The second-order valence-corrected chi connectivity index (χ2v) is 7.61. The number of nitrogens with one attached hydrogen (secondary N) is 1. The normalized spacial score (nSPS) is 11.4. The zero-order valence-electron chi connectivity index (χ0n) is 18.6. The van der Waals surface area contributed by atoms with Crippen LogP contribution in [0.2, 0.25) is 0 Å². The van der Waals surface area contributed by atoms with Gasteiger partial charge in [-0.05, 0) is 56.2 Å². The van der Waals surface area contributed by atoms with Gasteiger partial charge in [-0.3, -0.25) is 4.79 Å². The van der Waals surface area contributed by atoms with E-state index >= 15 is 0 Å². The molecule has 0 fully saturated rings. The number of hydrogen-bond acceptors (Lipinski definition) is 2. The zero-order valence-corrected chi connectivity index (χ0v) is 18.6. The van der Waals surface area contributed by atoms with Crippen molar-refractivity contribution in [3.05, 3.63) is 54.1 Å². The van der Waals surface area contributed by atoms with Gasteiger partial charge in [-0.25, -0.2) is 0 Å². The summed E-state index contributed by atoms with van der Waals surface area (Å²) in [6.07, 6.45) is 23.1. The SMILES string of the molecule is CCCCCC=CCC=CCCCCCCCC(=O)NCc1cccc(OC)c1. The monoisotopic (exact) mass is 399 g/mol.